The Morgan fingerprint density at radius 3 is 2.71 bits per heavy atom. The Labute approximate surface area is 103 Å². The average molecular weight is 225 g/mol. The van der Waals surface area contributed by atoms with Crippen molar-refractivity contribution >= 4 is 0 Å². The van der Waals surface area contributed by atoms with Crippen LogP contribution < -0.4 is 0 Å². The molecule has 1 nitrogen and oxygen atoms in total. The Bertz CT molecular complexity index is 442. The second kappa shape index (κ2) is 4.79. The Morgan fingerprint density at radius 1 is 1.00 bits per heavy atom. The Morgan fingerprint density at radius 2 is 1.82 bits per heavy atom. The molecule has 1 heterocycles. The maximum atomic E-state index is 2.43. The molecule has 1 aromatic carbocycles. The monoisotopic (exact) mass is 225 g/mol. The van der Waals surface area contributed by atoms with Crippen molar-refractivity contribution in [2.75, 3.05) is 6.54 Å². The third kappa shape index (κ3) is 2.44. The second-order valence-electron chi connectivity index (χ2n) is 5.04. The van der Waals surface area contributed by atoms with Crippen LogP contribution in [0.1, 0.15) is 31.2 Å². The van der Waals surface area contributed by atoms with Crippen molar-refractivity contribution < 1.29 is 0 Å². The molecule has 1 aliphatic heterocycles. The van der Waals surface area contributed by atoms with Gasteiger partial charge in [-0.05, 0) is 54.7 Å². The van der Waals surface area contributed by atoms with Gasteiger partial charge in [0.05, 0.1) is 0 Å². The molecule has 1 aliphatic carbocycles. The first kappa shape index (κ1) is 10.6. The zero-order chi connectivity index (χ0) is 11.5. The van der Waals surface area contributed by atoms with Crippen LogP contribution in [-0.4, -0.2) is 11.4 Å². The third-order valence-corrected chi connectivity index (χ3v) is 3.74. The van der Waals surface area contributed by atoms with Gasteiger partial charge in [-0.15, -0.1) is 0 Å². The summed E-state index contributed by atoms with van der Waals surface area (Å²) < 4.78 is 0. The van der Waals surface area contributed by atoms with Crippen LogP contribution in [-0.2, 0) is 6.54 Å². The fourth-order valence-electron chi connectivity index (χ4n) is 2.79. The zero-order valence-electron chi connectivity index (χ0n) is 10.2. The predicted octanol–water partition coefficient (Wildman–Crippen LogP) is 3.89. The molecule has 0 saturated heterocycles. The van der Waals surface area contributed by atoms with Crippen molar-refractivity contribution in [1.82, 2.24) is 4.90 Å². The highest BCUT2D eigenvalue weighted by Gasteiger charge is 2.16. The third-order valence-electron chi connectivity index (χ3n) is 3.74. The summed E-state index contributed by atoms with van der Waals surface area (Å²) in [6, 6.07) is 10.7. The quantitative estimate of drug-likeness (QED) is 0.738. The van der Waals surface area contributed by atoms with Gasteiger partial charge in [-0.1, -0.05) is 30.3 Å². The van der Waals surface area contributed by atoms with Crippen molar-refractivity contribution in [3.8, 4) is 0 Å². The standard InChI is InChI=1S/C16H19N/c1-2-6-14(7-3-1)12-17-11-10-15-8-4-5-9-16(15)13-17/h1-3,6-7,10-11H,4-5,8-9,12-13H2. The molecule has 0 saturated carbocycles. The molecule has 0 N–H and O–H groups in total. The molecule has 0 bridgehead atoms. The van der Waals surface area contributed by atoms with E-state index in [4.69, 9.17) is 0 Å². The minimum atomic E-state index is 1.04. The maximum absolute atomic E-state index is 2.43. The molecule has 1 aromatic rings. The lowest BCUT2D eigenvalue weighted by atomic mass is 9.90. The van der Waals surface area contributed by atoms with Crippen LogP contribution in [0.25, 0.3) is 0 Å². The summed E-state index contributed by atoms with van der Waals surface area (Å²) in [5.74, 6) is 0. The van der Waals surface area contributed by atoms with Gasteiger partial charge >= 0.3 is 0 Å². The van der Waals surface area contributed by atoms with Crippen molar-refractivity contribution in [1.29, 1.82) is 0 Å². The van der Waals surface area contributed by atoms with Crippen LogP contribution in [0, 0.1) is 0 Å². The zero-order valence-corrected chi connectivity index (χ0v) is 10.2. The first-order valence-corrected chi connectivity index (χ1v) is 6.59. The molecule has 0 radical (unpaired) electrons. The van der Waals surface area contributed by atoms with E-state index in [0.29, 0.717) is 0 Å². The highest BCUT2D eigenvalue weighted by Crippen LogP contribution is 2.29. The molecular formula is C16H19N. The summed E-state index contributed by atoms with van der Waals surface area (Å²) in [5, 5.41) is 0. The lowest BCUT2D eigenvalue weighted by Gasteiger charge is -2.30. The lowest BCUT2D eigenvalue weighted by molar-refractivity contribution is 0.381. The van der Waals surface area contributed by atoms with Gasteiger partial charge in [0.2, 0.25) is 0 Å². The molecule has 0 fully saturated rings. The molecule has 0 atom stereocenters. The molecule has 0 unspecified atom stereocenters. The molecule has 0 amide bonds. The number of benzene rings is 1. The Balaban J connectivity index is 1.69. The van der Waals surface area contributed by atoms with E-state index in [1.807, 2.05) is 0 Å². The number of hydrogen-bond donors (Lipinski definition) is 0. The van der Waals surface area contributed by atoms with E-state index in [1.54, 1.807) is 11.1 Å². The van der Waals surface area contributed by atoms with Gasteiger partial charge in [0.15, 0.2) is 0 Å². The van der Waals surface area contributed by atoms with Crippen LogP contribution in [0.5, 0.6) is 0 Å². The van der Waals surface area contributed by atoms with Crippen LogP contribution in [0.4, 0.5) is 0 Å². The van der Waals surface area contributed by atoms with Gasteiger partial charge in [-0.3, -0.25) is 0 Å². The summed E-state index contributed by atoms with van der Waals surface area (Å²) in [7, 11) is 0. The highest BCUT2D eigenvalue weighted by molar-refractivity contribution is 5.32. The number of rotatable bonds is 2. The van der Waals surface area contributed by atoms with Crippen LogP contribution in [0.2, 0.25) is 0 Å². The van der Waals surface area contributed by atoms with Gasteiger partial charge < -0.3 is 4.90 Å². The van der Waals surface area contributed by atoms with Gasteiger partial charge in [-0.25, -0.2) is 0 Å². The molecule has 2 aliphatic rings. The fraction of sp³-hybridized carbons (Fsp3) is 0.375. The van der Waals surface area contributed by atoms with E-state index in [-0.39, 0.29) is 0 Å². The number of nitrogens with zero attached hydrogens (tertiary/aromatic N) is 1. The van der Waals surface area contributed by atoms with Crippen molar-refractivity contribution in [3.05, 3.63) is 59.3 Å². The predicted molar refractivity (Wildman–Crippen MR) is 71.5 cm³/mol. The number of allylic oxidation sites excluding steroid dienone is 2. The van der Waals surface area contributed by atoms with Gasteiger partial charge in [-0.2, -0.15) is 0 Å². The smallest absolute Gasteiger partial charge is 0.0427 e. The largest absolute Gasteiger partial charge is 0.369 e. The van der Waals surface area contributed by atoms with E-state index in [1.165, 1.54) is 31.2 Å². The van der Waals surface area contributed by atoms with Crippen molar-refractivity contribution in [3.63, 3.8) is 0 Å². The van der Waals surface area contributed by atoms with Crippen molar-refractivity contribution in [2.24, 2.45) is 0 Å². The summed E-state index contributed by atoms with van der Waals surface area (Å²) >= 11 is 0. The second-order valence-corrected chi connectivity index (χ2v) is 5.04. The first-order chi connectivity index (χ1) is 8.42. The van der Waals surface area contributed by atoms with E-state index >= 15 is 0 Å². The maximum Gasteiger partial charge on any atom is 0.0427 e. The van der Waals surface area contributed by atoms with Crippen molar-refractivity contribution in [2.45, 2.75) is 32.2 Å². The summed E-state index contributed by atoms with van der Waals surface area (Å²) in [4.78, 5) is 2.43. The van der Waals surface area contributed by atoms with Crippen LogP contribution >= 0.6 is 0 Å². The van der Waals surface area contributed by atoms with E-state index in [0.717, 1.165) is 13.1 Å². The number of hydrogen-bond acceptors (Lipinski definition) is 1. The normalized spacial score (nSPS) is 19.4. The first-order valence-electron chi connectivity index (χ1n) is 6.59. The Kier molecular flexibility index (Phi) is 3.00. The van der Waals surface area contributed by atoms with Gasteiger partial charge in [0, 0.05) is 13.1 Å². The average Bonchev–Trinajstić information content (AvgIpc) is 2.40. The van der Waals surface area contributed by atoms with E-state index < -0.39 is 0 Å². The minimum Gasteiger partial charge on any atom is -0.369 e. The van der Waals surface area contributed by atoms with Gasteiger partial charge in [0.25, 0.3) is 0 Å². The molecule has 0 aromatic heterocycles. The minimum absolute atomic E-state index is 1.04. The summed E-state index contributed by atoms with van der Waals surface area (Å²) in [5.41, 5.74) is 4.69. The molecule has 1 heteroatoms. The van der Waals surface area contributed by atoms with E-state index in [9.17, 15) is 0 Å². The summed E-state index contributed by atoms with van der Waals surface area (Å²) in [6.07, 6.45) is 9.97. The lowest BCUT2D eigenvalue weighted by Crippen LogP contribution is -2.24. The molecular weight excluding hydrogens is 206 g/mol. The molecule has 3 rings (SSSR count). The summed E-state index contributed by atoms with van der Waals surface area (Å²) in [6.45, 7) is 2.18. The van der Waals surface area contributed by atoms with Crippen LogP contribution in [0.15, 0.2) is 53.8 Å². The fourth-order valence-corrected chi connectivity index (χ4v) is 2.79. The van der Waals surface area contributed by atoms with Crippen LogP contribution in [0.3, 0.4) is 0 Å². The SMILES string of the molecule is C1=CN(Cc2ccccc2)CC2=C1CCCC2. The van der Waals surface area contributed by atoms with Gasteiger partial charge in [0.1, 0.15) is 0 Å². The molecule has 88 valence electrons. The highest BCUT2D eigenvalue weighted by atomic mass is 15.1. The molecule has 0 spiro atoms. The molecule has 17 heavy (non-hydrogen) atoms. The topological polar surface area (TPSA) is 3.24 Å². The Hall–Kier alpha value is -1.50. The van der Waals surface area contributed by atoms with E-state index in [2.05, 4.69) is 47.5 Å².